The minimum atomic E-state index is 0.0763. The summed E-state index contributed by atoms with van der Waals surface area (Å²) in [7, 11) is 0. The molecule has 1 N–H and O–H groups in total. The number of hydrogen-bond acceptors (Lipinski definition) is 3. The van der Waals surface area contributed by atoms with Crippen LogP contribution in [0.15, 0.2) is 30.3 Å². The number of aliphatic hydroxyl groups excluding tert-OH is 1. The van der Waals surface area contributed by atoms with Gasteiger partial charge in [-0.3, -0.25) is 9.69 Å². The molecule has 1 aromatic carbocycles. The quantitative estimate of drug-likeness (QED) is 0.874. The van der Waals surface area contributed by atoms with Crippen molar-refractivity contribution in [2.45, 2.75) is 26.8 Å². The number of nitrogens with zero attached hydrogens (tertiary/aromatic N) is 2. The summed E-state index contributed by atoms with van der Waals surface area (Å²) in [5.74, 6) is 1.34. The van der Waals surface area contributed by atoms with Crippen LogP contribution in [0.2, 0.25) is 0 Å². The summed E-state index contributed by atoms with van der Waals surface area (Å²) in [6.07, 6.45) is 1.20. The lowest BCUT2D eigenvalue weighted by Gasteiger charge is -2.36. The van der Waals surface area contributed by atoms with Crippen molar-refractivity contribution >= 4 is 5.91 Å². The molecular formula is C18H28N2O2. The van der Waals surface area contributed by atoms with Crippen LogP contribution in [0.1, 0.15) is 25.8 Å². The fourth-order valence-electron chi connectivity index (χ4n) is 3.35. The molecule has 1 aromatic rings. The highest BCUT2D eigenvalue weighted by Gasteiger charge is 2.26. The number of carbonyl (C=O) groups is 1. The highest BCUT2D eigenvalue weighted by molar-refractivity contribution is 5.78. The maximum absolute atomic E-state index is 12.6. The first-order valence-electron chi connectivity index (χ1n) is 8.23. The number of hydrogen-bond donors (Lipinski definition) is 1. The third-order valence-corrected chi connectivity index (χ3v) is 4.25. The van der Waals surface area contributed by atoms with Crippen molar-refractivity contribution in [3.8, 4) is 0 Å². The second kappa shape index (κ2) is 8.30. The van der Waals surface area contributed by atoms with Crippen molar-refractivity contribution in [3.63, 3.8) is 0 Å². The molecule has 2 atom stereocenters. The summed E-state index contributed by atoms with van der Waals surface area (Å²) >= 11 is 0. The predicted octanol–water partition coefficient (Wildman–Crippen LogP) is 1.99. The van der Waals surface area contributed by atoms with Gasteiger partial charge in [0.2, 0.25) is 5.91 Å². The van der Waals surface area contributed by atoms with Crippen LogP contribution in [0, 0.1) is 11.8 Å². The Bertz CT molecular complexity index is 453. The number of amides is 1. The molecule has 1 aliphatic heterocycles. The molecule has 0 saturated carbocycles. The summed E-state index contributed by atoms with van der Waals surface area (Å²) in [6.45, 7) is 7.84. The lowest BCUT2D eigenvalue weighted by molar-refractivity contribution is -0.135. The molecule has 0 radical (unpaired) electrons. The third kappa shape index (κ3) is 5.11. The zero-order valence-corrected chi connectivity index (χ0v) is 13.7. The lowest BCUT2D eigenvalue weighted by atomic mass is 9.92. The zero-order valence-electron chi connectivity index (χ0n) is 13.7. The van der Waals surface area contributed by atoms with E-state index in [1.165, 1.54) is 12.0 Å². The SMILES string of the molecule is CC1CC(C)CN(C(=O)CN(CCO)Cc2ccccc2)C1. The highest BCUT2D eigenvalue weighted by atomic mass is 16.3. The van der Waals surface area contributed by atoms with Gasteiger partial charge in [0.05, 0.1) is 13.2 Å². The molecule has 0 aromatic heterocycles. The first-order valence-corrected chi connectivity index (χ1v) is 8.23. The number of likely N-dealkylation sites (tertiary alicyclic amines) is 1. The van der Waals surface area contributed by atoms with E-state index in [9.17, 15) is 9.90 Å². The Balaban J connectivity index is 1.93. The molecule has 0 aliphatic carbocycles. The molecule has 2 unspecified atom stereocenters. The maximum atomic E-state index is 12.6. The molecule has 122 valence electrons. The molecular weight excluding hydrogens is 276 g/mol. The molecule has 1 heterocycles. The number of benzene rings is 1. The van der Waals surface area contributed by atoms with Crippen LogP contribution in [0.3, 0.4) is 0 Å². The van der Waals surface area contributed by atoms with Crippen LogP contribution in [0.4, 0.5) is 0 Å². The van der Waals surface area contributed by atoms with Crippen LogP contribution < -0.4 is 0 Å². The fraction of sp³-hybridized carbons (Fsp3) is 0.611. The fourth-order valence-corrected chi connectivity index (χ4v) is 3.35. The topological polar surface area (TPSA) is 43.8 Å². The Morgan fingerprint density at radius 3 is 2.45 bits per heavy atom. The van der Waals surface area contributed by atoms with E-state index in [2.05, 4.69) is 26.0 Å². The van der Waals surface area contributed by atoms with Crippen molar-refractivity contribution < 1.29 is 9.90 Å². The van der Waals surface area contributed by atoms with Crippen molar-refractivity contribution in [3.05, 3.63) is 35.9 Å². The normalized spacial score (nSPS) is 22.1. The van der Waals surface area contributed by atoms with Crippen LogP contribution in [0.25, 0.3) is 0 Å². The first kappa shape index (κ1) is 17.0. The standard InChI is InChI=1S/C18H28N2O2/c1-15-10-16(2)12-20(11-15)18(22)14-19(8-9-21)13-17-6-4-3-5-7-17/h3-7,15-16,21H,8-14H2,1-2H3. The number of aliphatic hydroxyl groups is 1. The van der Waals surface area contributed by atoms with E-state index >= 15 is 0 Å². The van der Waals surface area contributed by atoms with Gasteiger partial charge in [0.15, 0.2) is 0 Å². The summed E-state index contributed by atoms with van der Waals surface area (Å²) < 4.78 is 0. The van der Waals surface area contributed by atoms with Gasteiger partial charge in [0.25, 0.3) is 0 Å². The Morgan fingerprint density at radius 2 is 1.86 bits per heavy atom. The van der Waals surface area contributed by atoms with E-state index in [1.807, 2.05) is 28.0 Å². The van der Waals surface area contributed by atoms with E-state index in [0.29, 0.717) is 31.5 Å². The van der Waals surface area contributed by atoms with Crippen molar-refractivity contribution in [1.82, 2.24) is 9.80 Å². The summed E-state index contributed by atoms with van der Waals surface area (Å²) in [4.78, 5) is 16.6. The molecule has 1 fully saturated rings. The molecule has 0 bridgehead atoms. The van der Waals surface area contributed by atoms with Gasteiger partial charge < -0.3 is 10.0 Å². The molecule has 1 amide bonds. The van der Waals surface area contributed by atoms with E-state index in [1.54, 1.807) is 0 Å². The van der Waals surface area contributed by atoms with Crippen molar-refractivity contribution in [1.29, 1.82) is 0 Å². The average molecular weight is 304 g/mol. The highest BCUT2D eigenvalue weighted by Crippen LogP contribution is 2.21. The summed E-state index contributed by atoms with van der Waals surface area (Å²) in [5.41, 5.74) is 1.17. The van der Waals surface area contributed by atoms with Gasteiger partial charge in [-0.2, -0.15) is 0 Å². The van der Waals surface area contributed by atoms with E-state index in [-0.39, 0.29) is 12.5 Å². The smallest absolute Gasteiger partial charge is 0.236 e. The van der Waals surface area contributed by atoms with Crippen molar-refractivity contribution in [2.75, 3.05) is 32.8 Å². The van der Waals surface area contributed by atoms with Gasteiger partial charge in [0.1, 0.15) is 0 Å². The average Bonchev–Trinajstić information content (AvgIpc) is 2.47. The molecule has 1 aliphatic rings. The van der Waals surface area contributed by atoms with Crippen LogP contribution in [-0.2, 0) is 11.3 Å². The number of rotatable bonds is 6. The zero-order chi connectivity index (χ0) is 15.9. The molecule has 4 heteroatoms. The van der Waals surface area contributed by atoms with Gasteiger partial charge in [-0.05, 0) is 23.8 Å². The minimum Gasteiger partial charge on any atom is -0.395 e. The largest absolute Gasteiger partial charge is 0.395 e. The van der Waals surface area contributed by atoms with Gasteiger partial charge in [-0.1, -0.05) is 44.2 Å². The minimum absolute atomic E-state index is 0.0763. The Kier molecular flexibility index (Phi) is 6.40. The predicted molar refractivity (Wildman–Crippen MR) is 88.3 cm³/mol. The van der Waals surface area contributed by atoms with Crippen molar-refractivity contribution in [2.24, 2.45) is 11.8 Å². The monoisotopic (exact) mass is 304 g/mol. The maximum Gasteiger partial charge on any atom is 0.236 e. The second-order valence-corrected chi connectivity index (χ2v) is 6.66. The molecule has 4 nitrogen and oxygen atoms in total. The van der Waals surface area contributed by atoms with E-state index in [0.717, 1.165) is 13.1 Å². The lowest BCUT2D eigenvalue weighted by Crippen LogP contribution is -2.47. The third-order valence-electron chi connectivity index (χ3n) is 4.25. The Hall–Kier alpha value is -1.39. The van der Waals surface area contributed by atoms with Gasteiger partial charge in [0, 0.05) is 26.2 Å². The van der Waals surface area contributed by atoms with Gasteiger partial charge >= 0.3 is 0 Å². The van der Waals surface area contributed by atoms with Crippen LogP contribution >= 0.6 is 0 Å². The summed E-state index contributed by atoms with van der Waals surface area (Å²) in [6, 6.07) is 10.1. The molecule has 2 rings (SSSR count). The second-order valence-electron chi connectivity index (χ2n) is 6.66. The van der Waals surface area contributed by atoms with Gasteiger partial charge in [-0.25, -0.2) is 0 Å². The van der Waals surface area contributed by atoms with E-state index in [4.69, 9.17) is 0 Å². The van der Waals surface area contributed by atoms with E-state index < -0.39 is 0 Å². The van der Waals surface area contributed by atoms with Crippen LogP contribution in [0.5, 0.6) is 0 Å². The Labute approximate surface area is 133 Å². The first-order chi connectivity index (χ1) is 10.6. The summed E-state index contributed by atoms with van der Waals surface area (Å²) in [5, 5.41) is 9.26. The number of carbonyl (C=O) groups excluding carboxylic acids is 1. The molecule has 22 heavy (non-hydrogen) atoms. The van der Waals surface area contributed by atoms with Crippen LogP contribution in [-0.4, -0.2) is 53.6 Å². The molecule has 0 spiro atoms. The Morgan fingerprint density at radius 1 is 1.23 bits per heavy atom. The van der Waals surface area contributed by atoms with Gasteiger partial charge in [-0.15, -0.1) is 0 Å². The number of piperidine rings is 1. The molecule has 1 saturated heterocycles.